The molecule has 2 nitrogen and oxygen atoms in total. The molecule has 0 radical (unpaired) electrons. The van der Waals surface area contributed by atoms with Crippen LogP contribution in [0.15, 0.2) is 101 Å². The van der Waals surface area contributed by atoms with Crippen molar-refractivity contribution < 1.29 is 4.42 Å². The molecular formula is C27H23NO. The van der Waals surface area contributed by atoms with Crippen LogP contribution in [-0.4, -0.2) is 6.04 Å². The highest BCUT2D eigenvalue weighted by Crippen LogP contribution is 2.35. The van der Waals surface area contributed by atoms with E-state index in [0.29, 0.717) is 6.04 Å². The summed E-state index contributed by atoms with van der Waals surface area (Å²) in [5.74, 6) is 0. The lowest BCUT2D eigenvalue weighted by molar-refractivity contribution is 0.668. The Bertz CT molecular complexity index is 1270. The van der Waals surface area contributed by atoms with Crippen LogP contribution < -0.4 is 4.90 Å². The van der Waals surface area contributed by atoms with Gasteiger partial charge in [-0.3, -0.25) is 0 Å². The lowest BCUT2D eigenvalue weighted by Crippen LogP contribution is -2.25. The molecule has 0 saturated carbocycles. The second-order valence-electron chi connectivity index (χ2n) is 7.66. The maximum absolute atomic E-state index is 6.11. The first kappa shape index (κ1) is 17.6. The first-order valence-corrected chi connectivity index (χ1v) is 10.1. The number of benzene rings is 4. The quantitative estimate of drug-likeness (QED) is 0.318. The number of hydrogen-bond donors (Lipinski definition) is 0. The molecule has 0 saturated heterocycles. The highest BCUT2D eigenvalue weighted by molar-refractivity contribution is 6.05. The molecule has 4 aromatic carbocycles. The molecule has 142 valence electrons. The Morgan fingerprint density at radius 2 is 1.21 bits per heavy atom. The molecule has 0 spiro atoms. The van der Waals surface area contributed by atoms with Gasteiger partial charge in [0.05, 0.1) is 0 Å². The average Bonchev–Trinajstić information content (AvgIpc) is 3.13. The van der Waals surface area contributed by atoms with Gasteiger partial charge in [-0.15, -0.1) is 0 Å². The van der Waals surface area contributed by atoms with E-state index < -0.39 is 0 Å². The minimum atomic E-state index is 0.319. The van der Waals surface area contributed by atoms with Gasteiger partial charge >= 0.3 is 0 Å². The number of hydrogen-bond acceptors (Lipinski definition) is 2. The summed E-state index contributed by atoms with van der Waals surface area (Å²) >= 11 is 0. The zero-order valence-corrected chi connectivity index (χ0v) is 16.7. The normalized spacial score (nSPS) is 11.4. The van der Waals surface area contributed by atoms with E-state index >= 15 is 0 Å². The van der Waals surface area contributed by atoms with Gasteiger partial charge in [0.15, 0.2) is 0 Å². The molecule has 0 aliphatic heterocycles. The molecule has 0 aliphatic carbocycles. The number of rotatable bonds is 4. The van der Waals surface area contributed by atoms with Crippen LogP contribution in [0.25, 0.3) is 33.1 Å². The first-order chi connectivity index (χ1) is 14.2. The van der Waals surface area contributed by atoms with Gasteiger partial charge in [-0.1, -0.05) is 60.7 Å². The Morgan fingerprint density at radius 3 is 1.97 bits per heavy atom. The number of furan rings is 1. The van der Waals surface area contributed by atoms with Crippen LogP contribution in [0.1, 0.15) is 13.8 Å². The summed E-state index contributed by atoms with van der Waals surface area (Å²) in [4.78, 5) is 2.35. The maximum atomic E-state index is 6.11. The predicted molar refractivity (Wildman–Crippen MR) is 123 cm³/mol. The first-order valence-electron chi connectivity index (χ1n) is 10.1. The van der Waals surface area contributed by atoms with E-state index in [4.69, 9.17) is 4.42 Å². The third-order valence-corrected chi connectivity index (χ3v) is 5.41. The maximum Gasteiger partial charge on any atom is 0.137 e. The average molecular weight is 377 g/mol. The summed E-state index contributed by atoms with van der Waals surface area (Å²) in [6.45, 7) is 4.43. The van der Waals surface area contributed by atoms with E-state index in [1.54, 1.807) is 0 Å². The topological polar surface area (TPSA) is 16.4 Å². The molecule has 5 rings (SSSR count). The van der Waals surface area contributed by atoms with E-state index in [-0.39, 0.29) is 0 Å². The van der Waals surface area contributed by atoms with Crippen molar-refractivity contribution in [1.82, 2.24) is 0 Å². The highest BCUT2D eigenvalue weighted by Gasteiger charge is 2.16. The zero-order chi connectivity index (χ0) is 19.8. The zero-order valence-electron chi connectivity index (χ0n) is 16.7. The Balaban J connectivity index is 1.55. The molecule has 0 bridgehead atoms. The summed E-state index contributed by atoms with van der Waals surface area (Å²) in [6, 6.07) is 34.3. The van der Waals surface area contributed by atoms with Crippen LogP contribution in [0.4, 0.5) is 11.4 Å². The van der Waals surface area contributed by atoms with Crippen molar-refractivity contribution in [3.8, 4) is 11.1 Å². The van der Waals surface area contributed by atoms with Crippen molar-refractivity contribution in [2.75, 3.05) is 4.90 Å². The SMILES string of the molecule is CC(C)N(c1ccc(-c2ccccc2)cc1)c1ccc2c(c1)oc1ccccc12. The largest absolute Gasteiger partial charge is 0.456 e. The van der Waals surface area contributed by atoms with Gasteiger partial charge in [0.1, 0.15) is 11.2 Å². The van der Waals surface area contributed by atoms with Crippen molar-refractivity contribution in [2.45, 2.75) is 19.9 Å². The fourth-order valence-electron chi connectivity index (χ4n) is 4.05. The van der Waals surface area contributed by atoms with Crippen molar-refractivity contribution in [2.24, 2.45) is 0 Å². The van der Waals surface area contributed by atoms with Gasteiger partial charge in [-0.25, -0.2) is 0 Å². The van der Waals surface area contributed by atoms with Crippen molar-refractivity contribution >= 4 is 33.3 Å². The van der Waals surface area contributed by atoms with Gasteiger partial charge in [0, 0.05) is 34.3 Å². The van der Waals surface area contributed by atoms with Crippen LogP contribution >= 0.6 is 0 Å². The van der Waals surface area contributed by atoms with Gasteiger partial charge in [-0.2, -0.15) is 0 Å². The monoisotopic (exact) mass is 377 g/mol. The van der Waals surface area contributed by atoms with Crippen LogP contribution in [0.5, 0.6) is 0 Å². The summed E-state index contributed by atoms with van der Waals surface area (Å²) < 4.78 is 6.11. The Morgan fingerprint density at radius 1 is 0.586 bits per heavy atom. The third kappa shape index (κ3) is 3.17. The minimum Gasteiger partial charge on any atom is -0.456 e. The molecular weight excluding hydrogens is 354 g/mol. The van der Waals surface area contributed by atoms with E-state index in [1.807, 2.05) is 18.2 Å². The summed E-state index contributed by atoms with van der Waals surface area (Å²) in [5, 5.41) is 2.32. The summed E-state index contributed by atoms with van der Waals surface area (Å²) in [7, 11) is 0. The van der Waals surface area contributed by atoms with Gasteiger partial charge in [0.25, 0.3) is 0 Å². The molecule has 0 amide bonds. The Labute approximate surface area is 171 Å². The second-order valence-corrected chi connectivity index (χ2v) is 7.66. The molecule has 2 heteroatoms. The number of nitrogens with zero attached hydrogens (tertiary/aromatic N) is 1. The molecule has 1 heterocycles. The lowest BCUT2D eigenvalue weighted by atomic mass is 10.0. The Kier molecular flexibility index (Phi) is 4.33. The van der Waals surface area contributed by atoms with Gasteiger partial charge < -0.3 is 9.32 Å². The number of fused-ring (bicyclic) bond motifs is 3. The molecule has 29 heavy (non-hydrogen) atoms. The second kappa shape index (κ2) is 7.14. The molecule has 5 aromatic rings. The smallest absolute Gasteiger partial charge is 0.137 e. The Hall–Kier alpha value is -3.52. The van der Waals surface area contributed by atoms with Crippen LogP contribution in [-0.2, 0) is 0 Å². The summed E-state index contributed by atoms with van der Waals surface area (Å²) in [6.07, 6.45) is 0. The fourth-order valence-corrected chi connectivity index (χ4v) is 4.05. The number of anilines is 2. The molecule has 0 atom stereocenters. The van der Waals surface area contributed by atoms with E-state index in [9.17, 15) is 0 Å². The van der Waals surface area contributed by atoms with E-state index in [0.717, 1.165) is 27.6 Å². The van der Waals surface area contributed by atoms with E-state index in [2.05, 4.69) is 97.6 Å². The fraction of sp³-hybridized carbons (Fsp3) is 0.111. The van der Waals surface area contributed by atoms with Crippen LogP contribution in [0.2, 0.25) is 0 Å². The lowest BCUT2D eigenvalue weighted by Gasteiger charge is -2.29. The van der Waals surface area contributed by atoms with Crippen LogP contribution in [0, 0.1) is 0 Å². The molecule has 0 N–H and O–H groups in total. The van der Waals surface area contributed by atoms with Gasteiger partial charge in [0.2, 0.25) is 0 Å². The van der Waals surface area contributed by atoms with Crippen LogP contribution in [0.3, 0.4) is 0 Å². The van der Waals surface area contributed by atoms with Crippen molar-refractivity contribution in [3.05, 3.63) is 97.1 Å². The van der Waals surface area contributed by atoms with Crippen molar-refractivity contribution in [3.63, 3.8) is 0 Å². The standard InChI is InChI=1S/C27H23NO/c1-19(2)28(22-14-12-21(13-15-22)20-8-4-3-5-9-20)23-16-17-25-24-10-6-7-11-26(24)29-27(25)18-23/h3-19H,1-2H3. The molecule has 0 fully saturated rings. The predicted octanol–water partition coefficient (Wildman–Crippen LogP) is 7.80. The van der Waals surface area contributed by atoms with Gasteiger partial charge in [-0.05, 0) is 55.3 Å². The minimum absolute atomic E-state index is 0.319. The summed E-state index contributed by atoms with van der Waals surface area (Å²) in [5.41, 5.74) is 6.64. The molecule has 1 aromatic heterocycles. The van der Waals surface area contributed by atoms with E-state index in [1.165, 1.54) is 16.8 Å². The third-order valence-electron chi connectivity index (χ3n) is 5.41. The molecule has 0 aliphatic rings. The number of para-hydroxylation sites is 1. The highest BCUT2D eigenvalue weighted by atomic mass is 16.3. The molecule has 0 unspecified atom stereocenters. The van der Waals surface area contributed by atoms with Crippen molar-refractivity contribution in [1.29, 1.82) is 0 Å².